The summed E-state index contributed by atoms with van der Waals surface area (Å²) >= 11 is 0. The summed E-state index contributed by atoms with van der Waals surface area (Å²) < 4.78 is 27.5. The van der Waals surface area contributed by atoms with Crippen molar-refractivity contribution in [2.24, 2.45) is 5.14 Å². The number of primary sulfonamides is 1. The van der Waals surface area contributed by atoms with Crippen LogP contribution in [0.1, 0.15) is 30.4 Å². The lowest BCUT2D eigenvalue weighted by molar-refractivity contribution is 0.144. The van der Waals surface area contributed by atoms with Gasteiger partial charge < -0.3 is 14.8 Å². The molecule has 2 unspecified atom stereocenters. The van der Waals surface area contributed by atoms with Gasteiger partial charge in [0, 0.05) is 12.6 Å². The van der Waals surface area contributed by atoms with Crippen LogP contribution in [0.5, 0.6) is 0 Å². The zero-order chi connectivity index (χ0) is 15.5. The number of nitrogens with one attached hydrogen (secondary N) is 1. The number of benzene rings is 1. The van der Waals surface area contributed by atoms with Crippen LogP contribution in [0.25, 0.3) is 0 Å². The molecule has 2 atom stereocenters. The molecule has 0 aliphatic rings. The summed E-state index contributed by atoms with van der Waals surface area (Å²) in [7, 11) is -3.67. The molecule has 0 spiro atoms. The highest BCUT2D eigenvalue weighted by molar-refractivity contribution is 7.89. The highest BCUT2D eigenvalue weighted by Crippen LogP contribution is 2.17. The molecule has 0 amide bonds. The van der Waals surface area contributed by atoms with E-state index in [1.807, 2.05) is 6.92 Å². The van der Waals surface area contributed by atoms with Crippen molar-refractivity contribution in [1.82, 2.24) is 5.32 Å². The molecule has 0 bridgehead atoms. The van der Waals surface area contributed by atoms with Crippen LogP contribution in [0.3, 0.4) is 0 Å². The van der Waals surface area contributed by atoms with E-state index in [-0.39, 0.29) is 10.9 Å². The van der Waals surface area contributed by atoms with E-state index >= 15 is 0 Å². The minimum atomic E-state index is -3.67. The molecule has 2 aromatic rings. The number of furan rings is 1. The second-order valence-corrected chi connectivity index (χ2v) is 6.34. The lowest BCUT2D eigenvalue weighted by Crippen LogP contribution is -2.24. The monoisotopic (exact) mass is 310 g/mol. The fraction of sp³-hybridized carbons (Fsp3) is 0.286. The Bertz CT molecular complexity index is 666. The molecule has 6 nitrogen and oxygen atoms in total. The van der Waals surface area contributed by atoms with E-state index in [1.165, 1.54) is 18.4 Å². The van der Waals surface area contributed by atoms with Crippen LogP contribution < -0.4 is 10.5 Å². The Morgan fingerprint density at radius 2 is 1.95 bits per heavy atom. The minimum absolute atomic E-state index is 0.0517. The molecule has 7 heteroatoms. The molecule has 0 aliphatic carbocycles. The zero-order valence-corrected chi connectivity index (χ0v) is 12.4. The van der Waals surface area contributed by atoms with Crippen LogP contribution in [0.4, 0.5) is 0 Å². The van der Waals surface area contributed by atoms with Crippen LogP contribution in [-0.2, 0) is 10.0 Å². The number of hydrogen-bond acceptors (Lipinski definition) is 5. The first-order valence-corrected chi connectivity index (χ1v) is 8.00. The first kappa shape index (κ1) is 15.7. The van der Waals surface area contributed by atoms with Crippen LogP contribution in [0, 0.1) is 0 Å². The van der Waals surface area contributed by atoms with Crippen molar-refractivity contribution in [2.45, 2.75) is 24.0 Å². The van der Waals surface area contributed by atoms with Crippen molar-refractivity contribution in [3.8, 4) is 0 Å². The van der Waals surface area contributed by atoms with Crippen molar-refractivity contribution < 1.29 is 17.9 Å². The lowest BCUT2D eigenvalue weighted by Gasteiger charge is -2.16. The van der Waals surface area contributed by atoms with Crippen molar-refractivity contribution in [3.05, 3.63) is 54.0 Å². The van der Waals surface area contributed by atoms with Gasteiger partial charge >= 0.3 is 0 Å². The van der Waals surface area contributed by atoms with Gasteiger partial charge in [0.2, 0.25) is 10.0 Å². The first-order valence-electron chi connectivity index (χ1n) is 6.45. The van der Waals surface area contributed by atoms with Gasteiger partial charge in [-0.05, 0) is 36.8 Å². The normalized spacial score (nSPS) is 14.8. The van der Waals surface area contributed by atoms with Gasteiger partial charge in [-0.2, -0.15) is 0 Å². The summed E-state index contributed by atoms with van der Waals surface area (Å²) in [5, 5.41) is 18.1. The molecule has 0 fully saturated rings. The summed E-state index contributed by atoms with van der Waals surface area (Å²) in [5.41, 5.74) is 0.897. The summed E-state index contributed by atoms with van der Waals surface area (Å²) in [6.45, 7) is 2.24. The number of hydrogen-bond donors (Lipinski definition) is 3. The van der Waals surface area contributed by atoms with E-state index in [2.05, 4.69) is 5.32 Å². The molecule has 21 heavy (non-hydrogen) atoms. The summed E-state index contributed by atoms with van der Waals surface area (Å²) in [6.07, 6.45) is 0.777. The van der Waals surface area contributed by atoms with E-state index in [4.69, 9.17) is 9.56 Å². The average molecular weight is 310 g/mol. The van der Waals surface area contributed by atoms with E-state index < -0.39 is 16.1 Å². The van der Waals surface area contributed by atoms with Crippen molar-refractivity contribution in [3.63, 3.8) is 0 Å². The van der Waals surface area contributed by atoms with Crippen LogP contribution >= 0.6 is 0 Å². The fourth-order valence-corrected chi connectivity index (χ4v) is 2.45. The maximum Gasteiger partial charge on any atom is 0.238 e. The molecular formula is C14H18N2O4S. The molecule has 1 heterocycles. The van der Waals surface area contributed by atoms with Gasteiger partial charge in [-0.25, -0.2) is 13.6 Å². The van der Waals surface area contributed by atoms with Gasteiger partial charge in [-0.15, -0.1) is 0 Å². The second kappa shape index (κ2) is 6.40. The molecule has 0 aliphatic heterocycles. The number of sulfonamides is 1. The molecule has 0 radical (unpaired) electrons. The Morgan fingerprint density at radius 1 is 1.29 bits per heavy atom. The molecule has 0 saturated carbocycles. The smallest absolute Gasteiger partial charge is 0.238 e. The maximum atomic E-state index is 11.2. The standard InChI is InChI=1S/C14H18N2O4S/c1-10(16-9-13(17)14-3-2-8-20-14)11-4-6-12(7-5-11)21(15,18)19/h2-8,10,13,16-17H,9H2,1H3,(H2,15,18,19). The van der Waals surface area contributed by atoms with Gasteiger partial charge in [0.1, 0.15) is 11.9 Å². The van der Waals surface area contributed by atoms with Gasteiger partial charge in [-0.3, -0.25) is 0 Å². The molecule has 4 N–H and O–H groups in total. The molecule has 1 aromatic carbocycles. The van der Waals surface area contributed by atoms with E-state index in [0.29, 0.717) is 12.3 Å². The second-order valence-electron chi connectivity index (χ2n) is 4.78. The highest BCUT2D eigenvalue weighted by Gasteiger charge is 2.13. The van der Waals surface area contributed by atoms with Crippen molar-refractivity contribution >= 4 is 10.0 Å². The Balaban J connectivity index is 1.96. The topological polar surface area (TPSA) is 106 Å². The Morgan fingerprint density at radius 3 is 2.48 bits per heavy atom. The van der Waals surface area contributed by atoms with E-state index in [9.17, 15) is 13.5 Å². The Hall–Kier alpha value is -1.67. The molecular weight excluding hydrogens is 292 g/mol. The lowest BCUT2D eigenvalue weighted by atomic mass is 10.1. The molecule has 114 valence electrons. The van der Waals surface area contributed by atoms with Gasteiger partial charge in [0.05, 0.1) is 11.2 Å². The number of nitrogens with two attached hydrogens (primary N) is 1. The van der Waals surface area contributed by atoms with Gasteiger partial charge in [-0.1, -0.05) is 12.1 Å². The molecule has 1 aromatic heterocycles. The summed E-state index contributed by atoms with van der Waals surface area (Å²) in [6, 6.07) is 9.68. The number of rotatable bonds is 6. The average Bonchev–Trinajstić information content (AvgIpc) is 2.98. The predicted molar refractivity (Wildman–Crippen MR) is 77.9 cm³/mol. The van der Waals surface area contributed by atoms with E-state index in [0.717, 1.165) is 5.56 Å². The third kappa shape index (κ3) is 4.15. The van der Waals surface area contributed by atoms with Crippen molar-refractivity contribution in [2.75, 3.05) is 6.54 Å². The largest absolute Gasteiger partial charge is 0.467 e. The SMILES string of the molecule is CC(NCC(O)c1ccco1)c1ccc(S(N)(=O)=O)cc1. The fourth-order valence-electron chi connectivity index (χ4n) is 1.93. The van der Waals surface area contributed by atoms with Gasteiger partial charge in [0.25, 0.3) is 0 Å². The summed E-state index contributed by atoms with van der Waals surface area (Å²) in [4.78, 5) is 0.0778. The minimum Gasteiger partial charge on any atom is -0.467 e. The Kier molecular flexibility index (Phi) is 4.79. The van der Waals surface area contributed by atoms with Crippen LogP contribution in [-0.4, -0.2) is 20.1 Å². The molecule has 0 saturated heterocycles. The first-order chi connectivity index (χ1) is 9.88. The van der Waals surface area contributed by atoms with Crippen LogP contribution in [0.2, 0.25) is 0 Å². The van der Waals surface area contributed by atoms with Crippen LogP contribution in [0.15, 0.2) is 52.0 Å². The molecule has 2 rings (SSSR count). The number of aliphatic hydroxyl groups is 1. The Labute approximate surface area is 123 Å². The third-order valence-electron chi connectivity index (χ3n) is 3.20. The van der Waals surface area contributed by atoms with E-state index in [1.54, 1.807) is 24.3 Å². The van der Waals surface area contributed by atoms with Crippen molar-refractivity contribution in [1.29, 1.82) is 0 Å². The predicted octanol–water partition coefficient (Wildman–Crippen LogP) is 1.31. The highest BCUT2D eigenvalue weighted by atomic mass is 32.2. The summed E-state index contributed by atoms with van der Waals surface area (Å²) in [5.74, 6) is 0.499. The zero-order valence-electron chi connectivity index (χ0n) is 11.6. The quantitative estimate of drug-likeness (QED) is 0.746. The maximum absolute atomic E-state index is 11.2. The third-order valence-corrected chi connectivity index (χ3v) is 4.13. The number of aliphatic hydroxyl groups excluding tert-OH is 1. The van der Waals surface area contributed by atoms with Gasteiger partial charge in [0.15, 0.2) is 0 Å².